The molecule has 0 unspecified atom stereocenters. The van der Waals surface area contributed by atoms with E-state index in [0.29, 0.717) is 41.7 Å². The summed E-state index contributed by atoms with van der Waals surface area (Å²) in [5.74, 6) is 0.996. The number of nitrogens with one attached hydrogen (secondary N) is 1. The zero-order valence-corrected chi connectivity index (χ0v) is 20.3. The summed E-state index contributed by atoms with van der Waals surface area (Å²) in [5, 5.41) is 12.1. The Balaban J connectivity index is 1.50. The van der Waals surface area contributed by atoms with E-state index >= 15 is 0 Å². The molecule has 1 saturated heterocycles. The van der Waals surface area contributed by atoms with Gasteiger partial charge < -0.3 is 29.5 Å². The molecule has 1 aliphatic rings. The van der Waals surface area contributed by atoms with E-state index in [-0.39, 0.29) is 24.2 Å². The van der Waals surface area contributed by atoms with Crippen LogP contribution in [0, 0.1) is 6.92 Å². The van der Waals surface area contributed by atoms with Crippen molar-refractivity contribution in [3.8, 4) is 17.2 Å². The Bertz CT molecular complexity index is 1210. The average molecular weight is 493 g/mol. The Morgan fingerprint density at radius 3 is 2.42 bits per heavy atom. The number of aliphatic hydroxyl groups excluding tert-OH is 1. The second-order valence-electron chi connectivity index (χ2n) is 8.50. The van der Waals surface area contributed by atoms with Gasteiger partial charge in [-0.2, -0.15) is 0 Å². The van der Waals surface area contributed by atoms with E-state index in [1.807, 2.05) is 0 Å². The molecule has 0 spiro atoms. The molecular formula is C26H28N4O6. The Morgan fingerprint density at radius 2 is 1.78 bits per heavy atom. The largest absolute Gasteiger partial charge is 0.488 e. The number of aliphatic hydroxyl groups is 1. The molecule has 2 amide bonds. The molecule has 10 heteroatoms. The standard InChI is InChI=1S/C26H28N4O6/c1-16-11-28-24(12-27-16)29-25(32)19-8-21(35-17(2)15-31)10-22(9-19)36-20-6-4-18(5-7-20)26(33)30-13-23(14-30)34-3/h4-12,17,23,31H,13-15H2,1-3H3,(H,28,29,32)/t17-/m0/s1. The molecule has 1 fully saturated rings. The SMILES string of the molecule is COC1CN(C(=O)c2ccc(Oc3cc(O[C@@H](C)CO)cc(C(=O)Nc4cnc(C)cn4)c3)cc2)C1. The van der Waals surface area contributed by atoms with Crippen molar-refractivity contribution in [2.75, 3.05) is 32.1 Å². The number of hydrogen-bond donors (Lipinski definition) is 2. The number of benzene rings is 2. The lowest BCUT2D eigenvalue weighted by atomic mass is 10.1. The highest BCUT2D eigenvalue weighted by molar-refractivity contribution is 6.04. The molecule has 3 aromatic rings. The predicted molar refractivity (Wildman–Crippen MR) is 132 cm³/mol. The second kappa shape index (κ2) is 11.1. The summed E-state index contributed by atoms with van der Waals surface area (Å²) < 4.78 is 16.9. The highest BCUT2D eigenvalue weighted by atomic mass is 16.5. The number of amides is 2. The lowest BCUT2D eigenvalue weighted by molar-refractivity contribution is -0.0191. The first-order chi connectivity index (χ1) is 17.3. The van der Waals surface area contributed by atoms with Gasteiger partial charge in [0.15, 0.2) is 5.82 Å². The molecule has 0 radical (unpaired) electrons. The summed E-state index contributed by atoms with van der Waals surface area (Å²) in [6.45, 7) is 4.47. The molecule has 1 aromatic heterocycles. The zero-order chi connectivity index (χ0) is 25.7. The van der Waals surface area contributed by atoms with Crippen LogP contribution in [0.4, 0.5) is 5.82 Å². The monoisotopic (exact) mass is 492 g/mol. The first-order valence-electron chi connectivity index (χ1n) is 11.5. The lowest BCUT2D eigenvalue weighted by Gasteiger charge is -2.38. The van der Waals surface area contributed by atoms with E-state index < -0.39 is 12.0 Å². The van der Waals surface area contributed by atoms with E-state index in [1.54, 1.807) is 74.5 Å². The molecule has 2 N–H and O–H groups in total. The Labute approximate surface area is 208 Å². The molecule has 36 heavy (non-hydrogen) atoms. The highest BCUT2D eigenvalue weighted by Crippen LogP contribution is 2.29. The summed E-state index contributed by atoms with van der Waals surface area (Å²) >= 11 is 0. The van der Waals surface area contributed by atoms with Crippen LogP contribution in [-0.2, 0) is 4.74 Å². The van der Waals surface area contributed by atoms with Crippen LogP contribution in [0.3, 0.4) is 0 Å². The number of carbonyl (C=O) groups is 2. The number of methoxy groups -OCH3 is 1. The molecule has 0 bridgehead atoms. The van der Waals surface area contributed by atoms with Crippen LogP contribution in [0.5, 0.6) is 17.2 Å². The molecular weight excluding hydrogens is 464 g/mol. The van der Waals surface area contributed by atoms with Gasteiger partial charge in [-0.15, -0.1) is 0 Å². The fourth-order valence-corrected chi connectivity index (χ4v) is 3.48. The van der Waals surface area contributed by atoms with Gasteiger partial charge in [0.1, 0.15) is 23.4 Å². The fraction of sp³-hybridized carbons (Fsp3) is 0.308. The van der Waals surface area contributed by atoms with Crippen molar-refractivity contribution in [1.29, 1.82) is 0 Å². The van der Waals surface area contributed by atoms with Gasteiger partial charge in [-0.3, -0.25) is 14.6 Å². The average Bonchev–Trinajstić information content (AvgIpc) is 2.85. The molecule has 2 aromatic carbocycles. The highest BCUT2D eigenvalue weighted by Gasteiger charge is 2.31. The van der Waals surface area contributed by atoms with Crippen molar-refractivity contribution in [1.82, 2.24) is 14.9 Å². The number of rotatable bonds is 9. The predicted octanol–water partition coefficient (Wildman–Crippen LogP) is 3.06. The van der Waals surface area contributed by atoms with Gasteiger partial charge in [0.2, 0.25) is 0 Å². The first-order valence-corrected chi connectivity index (χ1v) is 11.5. The summed E-state index contributed by atoms with van der Waals surface area (Å²) in [6, 6.07) is 11.5. The molecule has 0 saturated carbocycles. The third-order valence-corrected chi connectivity index (χ3v) is 5.56. The molecule has 1 atom stereocenters. The van der Waals surface area contributed by atoms with Crippen LogP contribution in [0.2, 0.25) is 0 Å². The van der Waals surface area contributed by atoms with Crippen molar-refractivity contribution >= 4 is 17.6 Å². The number of aryl methyl sites for hydroxylation is 1. The third-order valence-electron chi connectivity index (χ3n) is 5.56. The molecule has 10 nitrogen and oxygen atoms in total. The van der Waals surface area contributed by atoms with Crippen molar-refractivity contribution in [3.63, 3.8) is 0 Å². The zero-order valence-electron chi connectivity index (χ0n) is 20.3. The van der Waals surface area contributed by atoms with E-state index in [1.165, 1.54) is 6.20 Å². The summed E-state index contributed by atoms with van der Waals surface area (Å²) in [5.41, 5.74) is 1.55. The number of carbonyl (C=O) groups excluding carboxylic acids is 2. The third kappa shape index (κ3) is 6.15. The minimum absolute atomic E-state index is 0.0681. The van der Waals surface area contributed by atoms with Gasteiger partial charge in [-0.25, -0.2) is 4.98 Å². The summed E-state index contributed by atoms with van der Waals surface area (Å²) in [4.78, 5) is 35.4. The fourth-order valence-electron chi connectivity index (χ4n) is 3.48. The first kappa shape index (κ1) is 25.1. The van der Waals surface area contributed by atoms with E-state index in [9.17, 15) is 14.7 Å². The van der Waals surface area contributed by atoms with E-state index in [4.69, 9.17) is 14.2 Å². The van der Waals surface area contributed by atoms with Crippen LogP contribution in [-0.4, -0.2) is 70.8 Å². The smallest absolute Gasteiger partial charge is 0.257 e. The van der Waals surface area contributed by atoms with Gasteiger partial charge in [-0.1, -0.05) is 0 Å². The van der Waals surface area contributed by atoms with Crippen molar-refractivity contribution < 1.29 is 28.9 Å². The van der Waals surface area contributed by atoms with Crippen LogP contribution < -0.4 is 14.8 Å². The number of nitrogens with zero attached hydrogens (tertiary/aromatic N) is 3. The van der Waals surface area contributed by atoms with Crippen LogP contribution in [0.15, 0.2) is 54.9 Å². The number of hydrogen-bond acceptors (Lipinski definition) is 8. The Kier molecular flexibility index (Phi) is 7.77. The second-order valence-corrected chi connectivity index (χ2v) is 8.50. The number of ether oxygens (including phenoxy) is 3. The number of anilines is 1. The number of likely N-dealkylation sites (tertiary alicyclic amines) is 1. The van der Waals surface area contributed by atoms with Gasteiger partial charge in [0, 0.05) is 37.4 Å². The van der Waals surface area contributed by atoms with Crippen LogP contribution >= 0.6 is 0 Å². The van der Waals surface area contributed by atoms with Gasteiger partial charge in [0.05, 0.1) is 30.8 Å². The summed E-state index contributed by atoms with van der Waals surface area (Å²) in [7, 11) is 1.63. The maximum atomic E-state index is 12.9. The van der Waals surface area contributed by atoms with E-state index in [2.05, 4.69) is 15.3 Å². The maximum absolute atomic E-state index is 12.9. The van der Waals surface area contributed by atoms with Crippen molar-refractivity contribution in [3.05, 3.63) is 71.7 Å². The van der Waals surface area contributed by atoms with Crippen LogP contribution in [0.25, 0.3) is 0 Å². The Hall–Kier alpha value is -4.02. The van der Waals surface area contributed by atoms with Crippen molar-refractivity contribution in [2.45, 2.75) is 26.1 Å². The molecule has 4 rings (SSSR count). The maximum Gasteiger partial charge on any atom is 0.257 e. The molecule has 2 heterocycles. The normalized spacial score (nSPS) is 14.1. The molecule has 1 aliphatic heterocycles. The van der Waals surface area contributed by atoms with Gasteiger partial charge >= 0.3 is 0 Å². The van der Waals surface area contributed by atoms with Gasteiger partial charge in [0.25, 0.3) is 11.8 Å². The number of aromatic nitrogens is 2. The van der Waals surface area contributed by atoms with Crippen LogP contribution in [0.1, 0.15) is 33.3 Å². The minimum atomic E-state index is -0.483. The quantitative estimate of drug-likeness (QED) is 0.467. The topological polar surface area (TPSA) is 123 Å². The molecule has 0 aliphatic carbocycles. The molecule has 188 valence electrons. The van der Waals surface area contributed by atoms with E-state index in [0.717, 1.165) is 5.69 Å². The van der Waals surface area contributed by atoms with Crippen molar-refractivity contribution in [2.24, 2.45) is 0 Å². The summed E-state index contributed by atoms with van der Waals surface area (Å²) in [6.07, 6.45) is 2.63. The van der Waals surface area contributed by atoms with Gasteiger partial charge in [-0.05, 0) is 50.2 Å². The lowest BCUT2D eigenvalue weighted by Crippen LogP contribution is -2.54. The minimum Gasteiger partial charge on any atom is -0.488 e. The Morgan fingerprint density at radius 1 is 1.06 bits per heavy atom.